The van der Waals surface area contributed by atoms with E-state index in [1.807, 2.05) is 0 Å². The predicted octanol–water partition coefficient (Wildman–Crippen LogP) is 1.45. The number of aldehydes is 1. The number of hydrogen-bond donors (Lipinski definition) is 1. The average Bonchev–Trinajstić information content (AvgIpc) is 2.99. The van der Waals surface area contributed by atoms with Crippen LogP contribution in [0.2, 0.25) is 0 Å². The topological polar surface area (TPSA) is 116 Å². The van der Waals surface area contributed by atoms with Gasteiger partial charge in [-0.15, -0.1) is 6.58 Å². The summed E-state index contributed by atoms with van der Waals surface area (Å²) in [6.45, 7) is 15.3. The second kappa shape index (κ2) is 9.21. The minimum absolute atomic E-state index is 0.107. The van der Waals surface area contributed by atoms with Crippen molar-refractivity contribution in [2.24, 2.45) is 17.3 Å². The molecule has 1 heterocycles. The minimum Gasteiger partial charge on any atom is -0.465 e. The standard InChI is InChI=1S/C22H26O8/c1-6-7-22(11-28-15(5)25)8-16(29-20(26)13(3)10-24)17-14(4)21(27)30-19(17)18(22)12(2)9-23/h6,9,16-19,24H,1-4,7-8,10-11H2,5H3/t16-,17+,18+,19-,22-/m0/s1. The molecular formula is C22H26O8. The number of rotatable bonds is 9. The summed E-state index contributed by atoms with van der Waals surface area (Å²) in [5.41, 5.74) is -0.860. The fourth-order valence-electron chi connectivity index (χ4n) is 4.35. The maximum Gasteiger partial charge on any atom is 0.336 e. The molecule has 1 aliphatic heterocycles. The molecule has 1 aliphatic carbocycles. The van der Waals surface area contributed by atoms with E-state index in [2.05, 4.69) is 26.3 Å². The Hall–Kier alpha value is -3.00. The summed E-state index contributed by atoms with van der Waals surface area (Å²) in [4.78, 5) is 47.8. The highest BCUT2D eigenvalue weighted by molar-refractivity contribution is 5.92. The summed E-state index contributed by atoms with van der Waals surface area (Å²) >= 11 is 0. The van der Waals surface area contributed by atoms with Gasteiger partial charge in [-0.05, 0) is 18.4 Å². The Morgan fingerprint density at radius 3 is 2.57 bits per heavy atom. The van der Waals surface area contributed by atoms with Crippen molar-refractivity contribution in [3.8, 4) is 0 Å². The van der Waals surface area contributed by atoms with Crippen molar-refractivity contribution in [1.29, 1.82) is 0 Å². The van der Waals surface area contributed by atoms with Crippen LogP contribution in [0.25, 0.3) is 0 Å². The van der Waals surface area contributed by atoms with Crippen LogP contribution in [0.4, 0.5) is 0 Å². The number of hydrogen-bond acceptors (Lipinski definition) is 8. The number of allylic oxidation sites excluding steroid dienone is 1. The number of carbonyl (C=O) groups excluding carboxylic acids is 4. The van der Waals surface area contributed by atoms with Crippen LogP contribution in [0.15, 0.2) is 49.1 Å². The fraction of sp³-hybridized carbons (Fsp3) is 0.455. The highest BCUT2D eigenvalue weighted by atomic mass is 16.6. The first-order valence-corrected chi connectivity index (χ1v) is 9.39. The van der Waals surface area contributed by atoms with E-state index in [1.54, 1.807) is 6.08 Å². The van der Waals surface area contributed by atoms with Gasteiger partial charge in [0, 0.05) is 23.8 Å². The molecule has 8 heteroatoms. The number of aliphatic hydroxyl groups excluding tert-OH is 1. The summed E-state index contributed by atoms with van der Waals surface area (Å²) in [5, 5.41) is 9.18. The van der Waals surface area contributed by atoms with Gasteiger partial charge in [0.2, 0.25) is 0 Å². The zero-order valence-corrected chi connectivity index (χ0v) is 16.9. The van der Waals surface area contributed by atoms with Gasteiger partial charge >= 0.3 is 17.9 Å². The van der Waals surface area contributed by atoms with Crippen LogP contribution < -0.4 is 0 Å². The van der Waals surface area contributed by atoms with E-state index in [1.165, 1.54) is 6.92 Å². The molecule has 2 rings (SSSR count). The van der Waals surface area contributed by atoms with E-state index in [9.17, 15) is 24.3 Å². The van der Waals surface area contributed by atoms with Crippen molar-refractivity contribution in [3.63, 3.8) is 0 Å². The Morgan fingerprint density at radius 1 is 1.37 bits per heavy atom. The van der Waals surface area contributed by atoms with Gasteiger partial charge in [-0.1, -0.05) is 25.8 Å². The molecule has 5 atom stereocenters. The van der Waals surface area contributed by atoms with E-state index >= 15 is 0 Å². The molecule has 0 bridgehead atoms. The van der Waals surface area contributed by atoms with E-state index in [0.717, 1.165) is 0 Å². The first-order valence-electron chi connectivity index (χ1n) is 9.39. The van der Waals surface area contributed by atoms with Crippen molar-refractivity contribution >= 4 is 24.2 Å². The summed E-state index contributed by atoms with van der Waals surface area (Å²) in [7, 11) is 0. The van der Waals surface area contributed by atoms with Crippen LogP contribution in [0.1, 0.15) is 19.8 Å². The number of ether oxygens (including phenoxy) is 3. The third-order valence-corrected chi connectivity index (χ3v) is 5.66. The molecule has 0 aromatic carbocycles. The zero-order chi connectivity index (χ0) is 22.6. The van der Waals surface area contributed by atoms with Crippen LogP contribution in [-0.2, 0) is 33.4 Å². The largest absolute Gasteiger partial charge is 0.465 e. The summed E-state index contributed by atoms with van der Waals surface area (Å²) in [6.07, 6.45) is 0.752. The monoisotopic (exact) mass is 418 g/mol. The van der Waals surface area contributed by atoms with Gasteiger partial charge in [-0.2, -0.15) is 0 Å². The lowest BCUT2D eigenvalue weighted by Crippen LogP contribution is -2.55. The highest BCUT2D eigenvalue weighted by Gasteiger charge is 2.61. The van der Waals surface area contributed by atoms with Crippen LogP contribution in [0.5, 0.6) is 0 Å². The zero-order valence-electron chi connectivity index (χ0n) is 16.9. The Labute approximate surface area is 174 Å². The number of aliphatic hydroxyl groups is 1. The van der Waals surface area contributed by atoms with Gasteiger partial charge in [0.05, 0.1) is 24.7 Å². The molecule has 0 aromatic heterocycles. The van der Waals surface area contributed by atoms with Crippen LogP contribution in [0.3, 0.4) is 0 Å². The summed E-state index contributed by atoms with van der Waals surface area (Å²) in [6, 6.07) is 0. The molecule has 0 radical (unpaired) electrons. The van der Waals surface area contributed by atoms with Crippen LogP contribution in [-0.4, -0.2) is 54.7 Å². The predicted molar refractivity (Wildman–Crippen MR) is 106 cm³/mol. The van der Waals surface area contributed by atoms with Crippen molar-refractivity contribution in [2.75, 3.05) is 13.2 Å². The van der Waals surface area contributed by atoms with Crippen molar-refractivity contribution in [1.82, 2.24) is 0 Å². The second-order valence-corrected chi connectivity index (χ2v) is 7.64. The number of carbonyl (C=O) groups is 4. The lowest BCUT2D eigenvalue weighted by atomic mass is 9.57. The molecule has 0 unspecified atom stereocenters. The third kappa shape index (κ3) is 4.28. The van der Waals surface area contributed by atoms with E-state index in [0.29, 0.717) is 6.29 Å². The molecule has 8 nitrogen and oxygen atoms in total. The first kappa shape index (κ1) is 23.3. The van der Waals surface area contributed by atoms with Gasteiger partial charge < -0.3 is 19.3 Å². The minimum atomic E-state index is -0.969. The maximum atomic E-state index is 12.3. The smallest absolute Gasteiger partial charge is 0.336 e. The molecule has 0 spiro atoms. The highest BCUT2D eigenvalue weighted by Crippen LogP contribution is 2.55. The molecule has 1 saturated carbocycles. The lowest BCUT2D eigenvalue weighted by molar-refractivity contribution is -0.173. The molecule has 2 aliphatic rings. The van der Waals surface area contributed by atoms with Crippen molar-refractivity contribution in [2.45, 2.75) is 32.0 Å². The van der Waals surface area contributed by atoms with Gasteiger partial charge in [0.15, 0.2) is 0 Å². The average molecular weight is 418 g/mol. The molecule has 0 amide bonds. The van der Waals surface area contributed by atoms with Gasteiger partial charge in [0.25, 0.3) is 0 Å². The molecule has 1 saturated heterocycles. The molecule has 2 fully saturated rings. The van der Waals surface area contributed by atoms with Gasteiger partial charge in [-0.3, -0.25) is 9.59 Å². The fourth-order valence-corrected chi connectivity index (χ4v) is 4.35. The normalized spacial score (nSPS) is 29.9. The molecule has 30 heavy (non-hydrogen) atoms. The van der Waals surface area contributed by atoms with Crippen molar-refractivity contribution < 1.29 is 38.5 Å². The molecule has 0 aromatic rings. The molecular weight excluding hydrogens is 392 g/mol. The van der Waals surface area contributed by atoms with E-state index < -0.39 is 54.0 Å². The van der Waals surface area contributed by atoms with E-state index in [4.69, 9.17) is 14.2 Å². The molecule has 162 valence electrons. The Morgan fingerprint density at radius 2 is 2.03 bits per heavy atom. The number of esters is 3. The maximum absolute atomic E-state index is 12.3. The van der Waals surface area contributed by atoms with Crippen LogP contribution in [0, 0.1) is 17.3 Å². The van der Waals surface area contributed by atoms with Crippen LogP contribution >= 0.6 is 0 Å². The summed E-state index contributed by atoms with van der Waals surface area (Å²) in [5.74, 6) is -3.48. The quantitative estimate of drug-likeness (QED) is 0.197. The van der Waals surface area contributed by atoms with Gasteiger partial charge in [-0.25, -0.2) is 9.59 Å². The Balaban J connectivity index is 2.57. The SMILES string of the molecule is C=CC[C@@]1(COC(C)=O)C[C@H](OC(=O)C(=C)CO)[C@H]2C(=C)C(=O)O[C@@H]2[C@H]1C(=C)C=O. The Kier molecular flexibility index (Phi) is 7.15. The molecule has 1 N–H and O–H groups in total. The third-order valence-electron chi connectivity index (χ3n) is 5.66. The first-order chi connectivity index (χ1) is 14.1. The second-order valence-electron chi connectivity index (χ2n) is 7.64. The Bertz CT molecular complexity index is 810. The summed E-state index contributed by atoms with van der Waals surface area (Å²) < 4.78 is 16.4. The number of fused-ring (bicyclic) bond motifs is 1. The van der Waals surface area contributed by atoms with E-state index in [-0.39, 0.29) is 36.2 Å². The lowest BCUT2D eigenvalue weighted by Gasteiger charge is -2.50. The van der Waals surface area contributed by atoms with Gasteiger partial charge in [0.1, 0.15) is 18.5 Å². The van der Waals surface area contributed by atoms with Crippen molar-refractivity contribution in [3.05, 3.63) is 49.1 Å².